The van der Waals surface area contributed by atoms with Crippen LogP contribution in [-0.4, -0.2) is 15.3 Å². The van der Waals surface area contributed by atoms with E-state index < -0.39 is 17.2 Å². The van der Waals surface area contributed by atoms with Crippen molar-refractivity contribution in [3.8, 4) is 0 Å². The number of carbonyl (C=O) groups is 1. The molecule has 102 valence electrons. The molecule has 6 heteroatoms. The summed E-state index contributed by atoms with van der Waals surface area (Å²) in [6.07, 6.45) is 2.78. The van der Waals surface area contributed by atoms with Crippen LogP contribution in [0.1, 0.15) is 26.3 Å². The molecule has 0 aliphatic carbocycles. The van der Waals surface area contributed by atoms with Gasteiger partial charge < -0.3 is 5.32 Å². The number of hydrogen-bond donors (Lipinski definition) is 1. The van der Waals surface area contributed by atoms with Gasteiger partial charge in [-0.1, -0.05) is 20.8 Å². The number of rotatable bonds is 2. The van der Waals surface area contributed by atoms with E-state index in [1.165, 1.54) is 12.4 Å². The van der Waals surface area contributed by atoms with Crippen molar-refractivity contribution in [2.24, 2.45) is 5.41 Å². The number of amides is 1. The number of halogens is 2. The Hall–Kier alpha value is -1.98. The normalized spacial score (nSPS) is 11.8. The van der Waals surface area contributed by atoms with E-state index in [9.17, 15) is 13.6 Å². The van der Waals surface area contributed by atoms with Crippen LogP contribution in [0.3, 0.4) is 0 Å². The largest absolute Gasteiger partial charge is 0.351 e. The number of nitrogens with one attached hydrogen (secondary N) is 1. The Kier molecular flexibility index (Phi) is 3.26. The zero-order valence-electron chi connectivity index (χ0n) is 11.0. The van der Waals surface area contributed by atoms with Gasteiger partial charge in [0, 0.05) is 30.4 Å². The lowest BCUT2D eigenvalue weighted by molar-refractivity contribution is -0.128. The van der Waals surface area contributed by atoms with E-state index in [1.807, 2.05) is 0 Å². The Morgan fingerprint density at radius 3 is 2.74 bits per heavy atom. The average Bonchev–Trinajstić information content (AvgIpc) is 2.76. The van der Waals surface area contributed by atoms with Gasteiger partial charge in [0.25, 0.3) is 0 Å². The molecule has 2 aromatic heterocycles. The molecule has 2 heterocycles. The molecule has 0 radical (unpaired) electrons. The van der Waals surface area contributed by atoms with Crippen LogP contribution in [0.4, 0.5) is 8.78 Å². The van der Waals surface area contributed by atoms with Gasteiger partial charge in [0.15, 0.2) is 0 Å². The van der Waals surface area contributed by atoms with Gasteiger partial charge in [-0.3, -0.25) is 9.20 Å². The molecule has 0 saturated heterocycles. The Morgan fingerprint density at radius 1 is 1.42 bits per heavy atom. The van der Waals surface area contributed by atoms with Crippen molar-refractivity contribution in [1.82, 2.24) is 14.7 Å². The van der Waals surface area contributed by atoms with Crippen molar-refractivity contribution in [2.75, 3.05) is 0 Å². The summed E-state index contributed by atoms with van der Waals surface area (Å²) >= 11 is 0. The van der Waals surface area contributed by atoms with E-state index in [4.69, 9.17) is 0 Å². The van der Waals surface area contributed by atoms with Crippen LogP contribution in [0.5, 0.6) is 0 Å². The molecule has 0 atom stereocenters. The van der Waals surface area contributed by atoms with Crippen LogP contribution in [0.2, 0.25) is 0 Å². The summed E-state index contributed by atoms with van der Waals surface area (Å²) < 4.78 is 28.3. The summed E-state index contributed by atoms with van der Waals surface area (Å²) in [4.78, 5) is 15.7. The summed E-state index contributed by atoms with van der Waals surface area (Å²) in [5, 5.41) is 2.63. The highest BCUT2D eigenvalue weighted by Crippen LogP contribution is 2.17. The lowest BCUT2D eigenvalue weighted by Crippen LogP contribution is -2.34. The molecule has 1 amide bonds. The van der Waals surface area contributed by atoms with Crippen LogP contribution in [0.15, 0.2) is 18.5 Å². The number of nitrogens with zero attached hydrogens (tertiary/aromatic N) is 2. The van der Waals surface area contributed by atoms with Crippen LogP contribution in [0, 0.1) is 17.2 Å². The highest BCUT2D eigenvalue weighted by atomic mass is 19.1. The fraction of sp³-hybridized carbons (Fsp3) is 0.385. The predicted molar refractivity (Wildman–Crippen MR) is 66.4 cm³/mol. The molecule has 1 N–H and O–H groups in total. The molecule has 0 spiro atoms. The van der Waals surface area contributed by atoms with Crippen LogP contribution >= 0.6 is 0 Å². The van der Waals surface area contributed by atoms with Crippen molar-refractivity contribution in [1.29, 1.82) is 0 Å². The molecule has 0 fully saturated rings. The van der Waals surface area contributed by atoms with E-state index in [1.54, 1.807) is 20.8 Å². The number of carbonyl (C=O) groups excluding carboxylic acids is 1. The number of pyridine rings is 1. The molecule has 0 aliphatic rings. The quantitative estimate of drug-likeness (QED) is 0.848. The molecule has 0 aromatic carbocycles. The molecule has 0 bridgehead atoms. The SMILES string of the molecule is CC(C)(C)C(=O)NCc1c(F)cc(F)n2ccnc12. The number of hydrogen-bond acceptors (Lipinski definition) is 2. The van der Waals surface area contributed by atoms with Gasteiger partial charge in [0.05, 0.1) is 5.56 Å². The van der Waals surface area contributed by atoms with Crippen molar-refractivity contribution in [3.05, 3.63) is 35.8 Å². The standard InChI is InChI=1S/C13H15F2N3O/c1-13(2,3)12(19)17-7-8-9(14)6-10(15)18-5-4-16-11(8)18/h4-6H,7H2,1-3H3,(H,17,19). The molecule has 0 unspecified atom stereocenters. The average molecular weight is 267 g/mol. The maximum atomic E-state index is 13.8. The lowest BCUT2D eigenvalue weighted by atomic mass is 9.95. The third-order valence-electron chi connectivity index (χ3n) is 2.78. The first-order valence-electron chi connectivity index (χ1n) is 5.89. The van der Waals surface area contributed by atoms with E-state index >= 15 is 0 Å². The summed E-state index contributed by atoms with van der Waals surface area (Å²) in [5.41, 5.74) is -0.224. The fourth-order valence-corrected chi connectivity index (χ4v) is 1.66. The topological polar surface area (TPSA) is 46.4 Å². The summed E-state index contributed by atoms with van der Waals surface area (Å²) in [6.45, 7) is 5.25. The Bertz CT molecular complexity index is 629. The molecule has 4 nitrogen and oxygen atoms in total. The maximum Gasteiger partial charge on any atom is 0.225 e. The van der Waals surface area contributed by atoms with Gasteiger partial charge >= 0.3 is 0 Å². The van der Waals surface area contributed by atoms with Gasteiger partial charge in [-0.05, 0) is 0 Å². The number of aromatic nitrogens is 2. The lowest BCUT2D eigenvalue weighted by Gasteiger charge is -2.18. The molecular formula is C13H15F2N3O. The molecule has 2 rings (SSSR count). The highest BCUT2D eigenvalue weighted by Gasteiger charge is 2.22. The van der Waals surface area contributed by atoms with Crippen molar-refractivity contribution >= 4 is 11.6 Å². The van der Waals surface area contributed by atoms with Crippen molar-refractivity contribution < 1.29 is 13.6 Å². The minimum atomic E-state index is -0.726. The molecule has 0 saturated carbocycles. The molecular weight excluding hydrogens is 252 g/mol. The first kappa shape index (κ1) is 13.5. The third kappa shape index (κ3) is 2.57. The molecule has 2 aromatic rings. The highest BCUT2D eigenvalue weighted by molar-refractivity contribution is 5.81. The van der Waals surface area contributed by atoms with Gasteiger partial charge in [0.1, 0.15) is 11.5 Å². The predicted octanol–water partition coefficient (Wildman–Crippen LogP) is 2.27. The van der Waals surface area contributed by atoms with Gasteiger partial charge in [-0.25, -0.2) is 9.37 Å². The second-order valence-corrected chi connectivity index (χ2v) is 5.35. The zero-order valence-corrected chi connectivity index (χ0v) is 11.0. The van der Waals surface area contributed by atoms with E-state index in [0.29, 0.717) is 0 Å². The second-order valence-electron chi connectivity index (χ2n) is 5.35. The first-order valence-corrected chi connectivity index (χ1v) is 5.89. The van der Waals surface area contributed by atoms with Crippen molar-refractivity contribution in [2.45, 2.75) is 27.3 Å². The Labute approximate surface area is 109 Å². The second kappa shape index (κ2) is 4.60. The van der Waals surface area contributed by atoms with Gasteiger partial charge in [0.2, 0.25) is 11.9 Å². The van der Waals surface area contributed by atoms with E-state index in [-0.39, 0.29) is 23.7 Å². The summed E-state index contributed by atoms with van der Waals surface area (Å²) in [7, 11) is 0. The fourth-order valence-electron chi connectivity index (χ4n) is 1.66. The minimum Gasteiger partial charge on any atom is -0.351 e. The maximum absolute atomic E-state index is 13.8. The first-order chi connectivity index (χ1) is 8.80. The summed E-state index contributed by atoms with van der Waals surface area (Å²) in [5.74, 6) is -1.65. The molecule has 0 aliphatic heterocycles. The smallest absolute Gasteiger partial charge is 0.225 e. The van der Waals surface area contributed by atoms with E-state index in [2.05, 4.69) is 10.3 Å². The van der Waals surface area contributed by atoms with Crippen LogP contribution in [0.25, 0.3) is 5.65 Å². The Balaban J connectivity index is 2.31. The molecule has 19 heavy (non-hydrogen) atoms. The third-order valence-corrected chi connectivity index (χ3v) is 2.78. The zero-order chi connectivity index (χ0) is 14.2. The van der Waals surface area contributed by atoms with Crippen LogP contribution < -0.4 is 5.32 Å². The number of imidazole rings is 1. The van der Waals surface area contributed by atoms with Crippen LogP contribution in [-0.2, 0) is 11.3 Å². The number of fused-ring (bicyclic) bond motifs is 1. The van der Waals surface area contributed by atoms with Gasteiger partial charge in [-0.15, -0.1) is 0 Å². The monoisotopic (exact) mass is 267 g/mol. The minimum absolute atomic E-state index is 0.0251. The van der Waals surface area contributed by atoms with Gasteiger partial charge in [-0.2, -0.15) is 4.39 Å². The Morgan fingerprint density at radius 2 is 2.11 bits per heavy atom. The van der Waals surface area contributed by atoms with Crippen molar-refractivity contribution in [3.63, 3.8) is 0 Å². The van der Waals surface area contributed by atoms with E-state index in [0.717, 1.165) is 10.5 Å². The summed E-state index contributed by atoms with van der Waals surface area (Å²) in [6, 6.07) is 0.785.